The zero-order chi connectivity index (χ0) is 13.7. The number of rotatable bonds is 2. The molecule has 6 heteroatoms. The molecule has 1 aliphatic carbocycles. The number of alkyl halides is 3. The highest BCUT2D eigenvalue weighted by molar-refractivity contribution is 5.30. The van der Waals surface area contributed by atoms with Crippen molar-refractivity contribution in [3.63, 3.8) is 0 Å². The molecule has 1 aliphatic heterocycles. The van der Waals surface area contributed by atoms with Crippen molar-refractivity contribution in [1.82, 2.24) is 5.48 Å². The first kappa shape index (κ1) is 12.9. The third kappa shape index (κ3) is 1.85. The van der Waals surface area contributed by atoms with Crippen molar-refractivity contribution in [3.05, 3.63) is 35.6 Å². The van der Waals surface area contributed by atoms with Crippen molar-refractivity contribution < 1.29 is 22.4 Å². The van der Waals surface area contributed by atoms with E-state index in [9.17, 15) is 17.6 Å². The second-order valence-corrected chi connectivity index (χ2v) is 5.21. The zero-order valence-electron chi connectivity index (χ0n) is 10.0. The molecule has 0 aromatic heterocycles. The van der Waals surface area contributed by atoms with Crippen LogP contribution >= 0.6 is 0 Å². The van der Waals surface area contributed by atoms with Crippen LogP contribution in [0.5, 0.6) is 0 Å². The average molecular weight is 275 g/mol. The van der Waals surface area contributed by atoms with Gasteiger partial charge in [0.25, 0.3) is 5.92 Å². The van der Waals surface area contributed by atoms with Gasteiger partial charge in [-0.2, -0.15) is 5.48 Å². The normalized spacial score (nSPS) is 36.4. The van der Waals surface area contributed by atoms with E-state index in [0.717, 1.165) is 0 Å². The molecular formula is C13H13F4NO. The maximum Gasteiger partial charge on any atom is 0.251 e. The minimum atomic E-state index is -2.89. The molecule has 0 bridgehead atoms. The summed E-state index contributed by atoms with van der Waals surface area (Å²) in [5.41, 5.74) is 0.995. The Hall–Kier alpha value is -1.14. The molecule has 0 radical (unpaired) electrons. The van der Waals surface area contributed by atoms with Gasteiger partial charge in [-0.05, 0) is 6.07 Å². The van der Waals surface area contributed by atoms with E-state index in [2.05, 4.69) is 5.48 Å². The maximum atomic E-state index is 13.9. The summed E-state index contributed by atoms with van der Waals surface area (Å²) in [6.07, 6.45) is -1.74. The maximum absolute atomic E-state index is 13.9. The van der Waals surface area contributed by atoms with Gasteiger partial charge in [-0.25, -0.2) is 17.6 Å². The largest absolute Gasteiger partial charge is 0.297 e. The molecule has 3 atom stereocenters. The van der Waals surface area contributed by atoms with Crippen LogP contribution in [0.1, 0.15) is 18.4 Å². The summed E-state index contributed by atoms with van der Waals surface area (Å²) >= 11 is 0. The van der Waals surface area contributed by atoms with Crippen LogP contribution in [0, 0.1) is 11.7 Å². The highest BCUT2D eigenvalue weighted by Gasteiger charge is 2.61. The summed E-state index contributed by atoms with van der Waals surface area (Å²) in [5.74, 6) is -4.28. The number of hydrogen-bond donors (Lipinski definition) is 1. The topological polar surface area (TPSA) is 21.3 Å². The molecule has 2 nitrogen and oxygen atoms in total. The summed E-state index contributed by atoms with van der Waals surface area (Å²) in [5, 5.41) is 0. The van der Waals surface area contributed by atoms with Gasteiger partial charge < -0.3 is 0 Å². The predicted octanol–water partition coefficient (Wildman–Crippen LogP) is 2.94. The number of hydroxylamine groups is 1. The number of nitrogens with one attached hydrogen (secondary N) is 1. The number of halogens is 4. The van der Waals surface area contributed by atoms with Crippen molar-refractivity contribution in [2.45, 2.75) is 30.4 Å². The molecule has 3 rings (SSSR count). The van der Waals surface area contributed by atoms with Gasteiger partial charge in [-0.3, -0.25) is 4.84 Å². The fraction of sp³-hybridized carbons (Fsp3) is 0.538. The molecule has 2 aliphatic rings. The van der Waals surface area contributed by atoms with Gasteiger partial charge in [0.15, 0.2) is 0 Å². The number of fused-ring (bicyclic) bond motifs is 1. The van der Waals surface area contributed by atoms with Gasteiger partial charge >= 0.3 is 0 Å². The van der Waals surface area contributed by atoms with E-state index in [-0.39, 0.29) is 5.56 Å². The lowest BCUT2D eigenvalue weighted by Crippen LogP contribution is -2.45. The Balaban J connectivity index is 2.04. The summed E-state index contributed by atoms with van der Waals surface area (Å²) in [4.78, 5) is 5.09. The first-order valence-corrected chi connectivity index (χ1v) is 6.10. The van der Waals surface area contributed by atoms with Crippen molar-refractivity contribution >= 4 is 0 Å². The molecule has 19 heavy (non-hydrogen) atoms. The van der Waals surface area contributed by atoms with E-state index in [1.54, 1.807) is 6.07 Å². The van der Waals surface area contributed by atoms with Crippen molar-refractivity contribution in [2.75, 3.05) is 6.67 Å². The van der Waals surface area contributed by atoms with Crippen LogP contribution in [-0.4, -0.2) is 18.7 Å². The minimum Gasteiger partial charge on any atom is -0.297 e. The lowest BCUT2D eigenvalue weighted by Gasteiger charge is -2.31. The Morgan fingerprint density at radius 2 is 2.00 bits per heavy atom. The van der Waals surface area contributed by atoms with Gasteiger partial charge in [0, 0.05) is 24.3 Å². The lowest BCUT2D eigenvalue weighted by atomic mass is 9.78. The van der Waals surface area contributed by atoms with E-state index >= 15 is 0 Å². The van der Waals surface area contributed by atoms with Gasteiger partial charge in [0.2, 0.25) is 0 Å². The molecule has 1 N–H and O–H groups in total. The molecular weight excluding hydrogens is 262 g/mol. The third-order valence-corrected chi connectivity index (χ3v) is 4.06. The van der Waals surface area contributed by atoms with E-state index in [1.807, 2.05) is 0 Å². The Morgan fingerprint density at radius 1 is 1.26 bits per heavy atom. The SMILES string of the molecule is FC[C@]1(c2ccccc2F)NO[C@@H]2CC(F)(F)C[C@@H]21. The van der Waals surface area contributed by atoms with Crippen LogP contribution < -0.4 is 5.48 Å². The fourth-order valence-electron chi connectivity index (χ4n) is 3.12. The molecule has 1 saturated carbocycles. The quantitative estimate of drug-likeness (QED) is 0.838. The molecule has 1 heterocycles. The Morgan fingerprint density at radius 3 is 2.68 bits per heavy atom. The minimum absolute atomic E-state index is 0.0442. The molecule has 1 aromatic carbocycles. The molecule has 104 valence electrons. The van der Waals surface area contributed by atoms with Gasteiger partial charge in [-0.15, -0.1) is 0 Å². The molecule has 0 spiro atoms. The lowest BCUT2D eigenvalue weighted by molar-refractivity contribution is -0.0554. The number of benzene rings is 1. The van der Waals surface area contributed by atoms with Crippen LogP contribution in [0.3, 0.4) is 0 Å². The fourth-order valence-corrected chi connectivity index (χ4v) is 3.12. The standard InChI is InChI=1S/C13H13F4NO/c14-7-13(8-3-1-2-4-10(8)15)9-5-12(16,17)6-11(9)19-18-13/h1-4,9,11,18H,5-7H2/t9-,11+,13+/m0/s1. The average Bonchev–Trinajstić information content (AvgIpc) is 2.84. The zero-order valence-corrected chi connectivity index (χ0v) is 10.0. The highest BCUT2D eigenvalue weighted by Crippen LogP contribution is 2.52. The molecule has 2 fully saturated rings. The Kier molecular flexibility index (Phi) is 2.83. The first-order chi connectivity index (χ1) is 8.98. The summed E-state index contributed by atoms with van der Waals surface area (Å²) in [7, 11) is 0. The summed E-state index contributed by atoms with van der Waals surface area (Å²) in [6, 6.07) is 5.62. The van der Waals surface area contributed by atoms with Gasteiger partial charge in [-0.1, -0.05) is 18.2 Å². The Bertz CT molecular complexity index is 495. The first-order valence-electron chi connectivity index (χ1n) is 6.10. The second kappa shape index (κ2) is 4.18. The molecule has 0 amide bonds. The van der Waals surface area contributed by atoms with Gasteiger partial charge in [0.1, 0.15) is 18.0 Å². The Labute approximate surface area is 107 Å². The van der Waals surface area contributed by atoms with Crippen molar-refractivity contribution in [3.8, 4) is 0 Å². The van der Waals surface area contributed by atoms with Crippen molar-refractivity contribution in [2.24, 2.45) is 5.92 Å². The van der Waals surface area contributed by atoms with E-state index < -0.39 is 48.8 Å². The number of hydrogen-bond acceptors (Lipinski definition) is 2. The van der Waals surface area contributed by atoms with Crippen LogP contribution in [0.15, 0.2) is 24.3 Å². The van der Waals surface area contributed by atoms with Crippen LogP contribution in [0.2, 0.25) is 0 Å². The molecule has 1 aromatic rings. The smallest absolute Gasteiger partial charge is 0.251 e. The van der Waals surface area contributed by atoms with Crippen LogP contribution in [0.25, 0.3) is 0 Å². The van der Waals surface area contributed by atoms with E-state index in [0.29, 0.717) is 0 Å². The third-order valence-electron chi connectivity index (χ3n) is 4.06. The second-order valence-electron chi connectivity index (χ2n) is 5.21. The summed E-state index contributed by atoms with van der Waals surface area (Å²) in [6.45, 7) is -0.995. The van der Waals surface area contributed by atoms with Crippen LogP contribution in [0.4, 0.5) is 17.6 Å². The highest BCUT2D eigenvalue weighted by atomic mass is 19.3. The van der Waals surface area contributed by atoms with Gasteiger partial charge in [0.05, 0.1) is 6.10 Å². The van der Waals surface area contributed by atoms with E-state index in [1.165, 1.54) is 18.2 Å². The van der Waals surface area contributed by atoms with E-state index in [4.69, 9.17) is 4.84 Å². The van der Waals surface area contributed by atoms with Crippen molar-refractivity contribution in [1.29, 1.82) is 0 Å². The van der Waals surface area contributed by atoms with Crippen LogP contribution in [-0.2, 0) is 10.4 Å². The molecule has 0 unspecified atom stereocenters. The monoisotopic (exact) mass is 275 g/mol. The predicted molar refractivity (Wildman–Crippen MR) is 59.7 cm³/mol. The summed E-state index contributed by atoms with van der Waals surface area (Å²) < 4.78 is 54.3. The molecule has 1 saturated heterocycles.